The van der Waals surface area contributed by atoms with E-state index in [2.05, 4.69) is 21.2 Å². The van der Waals surface area contributed by atoms with Gasteiger partial charge in [-0.25, -0.2) is 0 Å². The Morgan fingerprint density at radius 3 is 2.59 bits per heavy atom. The maximum absolute atomic E-state index is 11.7. The normalized spacial score (nSPS) is 13.9. The number of benzene rings is 2. The molecule has 0 saturated heterocycles. The molecule has 4 nitrogen and oxygen atoms in total. The number of nitrogens with two attached hydrogens (primary N) is 1. The van der Waals surface area contributed by atoms with Crippen LogP contribution in [-0.2, 0) is 0 Å². The third-order valence-corrected chi connectivity index (χ3v) is 3.47. The van der Waals surface area contributed by atoms with Crippen LogP contribution < -0.4 is 11.1 Å². The van der Waals surface area contributed by atoms with Gasteiger partial charge in [-0.1, -0.05) is 12.1 Å². The second-order valence-corrected chi connectivity index (χ2v) is 4.62. The van der Waals surface area contributed by atoms with Crippen molar-refractivity contribution >= 4 is 44.2 Å². The Morgan fingerprint density at radius 1 is 1.12 bits per heavy atom. The molecule has 0 aromatic heterocycles. The third kappa shape index (κ3) is 1.29. The van der Waals surface area contributed by atoms with Gasteiger partial charge in [0.15, 0.2) is 0 Å². The summed E-state index contributed by atoms with van der Waals surface area (Å²) in [5.74, 6) is -1.02. The molecule has 2 amide bonds. The molecule has 0 spiro atoms. The fourth-order valence-electron chi connectivity index (χ4n) is 2.03. The molecule has 1 radical (unpaired) electrons. The molecule has 0 aliphatic carbocycles. The van der Waals surface area contributed by atoms with Crippen LogP contribution in [0.3, 0.4) is 0 Å². The highest BCUT2D eigenvalue weighted by Crippen LogP contribution is 2.35. The molecule has 1 heterocycles. The van der Waals surface area contributed by atoms with Crippen LogP contribution in [0, 0.1) is 0 Å². The number of hydrogen-bond acceptors (Lipinski definition) is 3. The summed E-state index contributed by atoms with van der Waals surface area (Å²) in [6.07, 6.45) is 0. The first-order valence-corrected chi connectivity index (χ1v) is 5.70. The number of carbonyl (C=O) groups excluding carboxylic acids is 2. The van der Waals surface area contributed by atoms with E-state index in [1.807, 2.05) is 0 Å². The van der Waals surface area contributed by atoms with Crippen molar-refractivity contribution < 1.29 is 9.59 Å². The number of imide groups is 1. The zero-order valence-corrected chi connectivity index (χ0v) is 10.1. The first-order chi connectivity index (χ1) is 8.09. The van der Waals surface area contributed by atoms with Crippen LogP contribution in [0.2, 0.25) is 0 Å². The molecule has 1 aliphatic rings. The fourth-order valence-corrected chi connectivity index (χ4v) is 2.47. The van der Waals surface area contributed by atoms with Crippen LogP contribution in [0.25, 0.3) is 10.8 Å². The maximum Gasteiger partial charge on any atom is 0.281 e. The van der Waals surface area contributed by atoms with E-state index in [1.54, 1.807) is 24.3 Å². The molecule has 83 valence electrons. The van der Waals surface area contributed by atoms with Crippen molar-refractivity contribution in [2.45, 2.75) is 0 Å². The van der Waals surface area contributed by atoms with Crippen LogP contribution in [0.5, 0.6) is 0 Å². The molecule has 17 heavy (non-hydrogen) atoms. The van der Waals surface area contributed by atoms with Gasteiger partial charge in [0.1, 0.15) is 0 Å². The van der Waals surface area contributed by atoms with Crippen molar-refractivity contribution in [3.63, 3.8) is 0 Å². The lowest BCUT2D eigenvalue weighted by atomic mass is 9.94. The van der Waals surface area contributed by atoms with Gasteiger partial charge in [-0.05, 0) is 28.1 Å². The van der Waals surface area contributed by atoms with Crippen LogP contribution in [0.4, 0.5) is 5.69 Å². The van der Waals surface area contributed by atoms with Crippen LogP contribution in [0.1, 0.15) is 20.7 Å². The summed E-state index contributed by atoms with van der Waals surface area (Å²) in [4.78, 5) is 23.3. The van der Waals surface area contributed by atoms with Gasteiger partial charge in [-0.2, -0.15) is 5.32 Å². The summed E-state index contributed by atoms with van der Waals surface area (Å²) in [5.41, 5.74) is 7.29. The summed E-state index contributed by atoms with van der Waals surface area (Å²) in [5, 5.41) is 4.77. The molecule has 5 heteroatoms. The summed E-state index contributed by atoms with van der Waals surface area (Å²) in [6, 6.07) is 6.78. The van der Waals surface area contributed by atoms with Gasteiger partial charge in [-0.15, -0.1) is 0 Å². The average molecular weight is 290 g/mol. The fraction of sp³-hybridized carbons (Fsp3) is 0. The van der Waals surface area contributed by atoms with Crippen LogP contribution in [-0.4, -0.2) is 11.8 Å². The highest BCUT2D eigenvalue weighted by atomic mass is 79.9. The topological polar surface area (TPSA) is 74.3 Å². The van der Waals surface area contributed by atoms with Crippen molar-refractivity contribution in [2.24, 2.45) is 0 Å². The lowest BCUT2D eigenvalue weighted by Crippen LogP contribution is -2.28. The van der Waals surface area contributed by atoms with Gasteiger partial charge < -0.3 is 5.73 Å². The quantitative estimate of drug-likeness (QED) is 0.596. The van der Waals surface area contributed by atoms with E-state index < -0.39 is 11.8 Å². The van der Waals surface area contributed by atoms with E-state index in [-0.39, 0.29) is 0 Å². The molecule has 0 saturated carbocycles. The number of carbonyl (C=O) groups is 2. The summed E-state index contributed by atoms with van der Waals surface area (Å²) in [6.45, 7) is 0. The Morgan fingerprint density at radius 2 is 1.82 bits per heavy atom. The number of amides is 2. The first-order valence-electron chi connectivity index (χ1n) is 4.90. The van der Waals surface area contributed by atoms with Crippen molar-refractivity contribution in [3.8, 4) is 0 Å². The Hall–Kier alpha value is -1.88. The molecule has 0 atom stereocenters. The van der Waals surface area contributed by atoms with Gasteiger partial charge in [0.25, 0.3) is 11.8 Å². The average Bonchev–Trinajstić information content (AvgIpc) is 2.31. The van der Waals surface area contributed by atoms with E-state index in [1.165, 1.54) is 0 Å². The lowest BCUT2D eigenvalue weighted by molar-refractivity contribution is 0.0838. The molecular weight excluding hydrogens is 284 g/mol. The third-order valence-electron chi connectivity index (χ3n) is 2.82. The molecule has 0 unspecified atom stereocenters. The number of anilines is 1. The second-order valence-electron chi connectivity index (χ2n) is 3.77. The molecule has 0 fully saturated rings. The molecule has 1 aliphatic heterocycles. The number of rotatable bonds is 0. The highest BCUT2D eigenvalue weighted by molar-refractivity contribution is 9.10. The Kier molecular flexibility index (Phi) is 2.00. The smallest absolute Gasteiger partial charge is 0.281 e. The van der Waals surface area contributed by atoms with E-state index in [0.717, 1.165) is 0 Å². The summed E-state index contributed by atoms with van der Waals surface area (Å²) >= 11 is 3.30. The van der Waals surface area contributed by atoms with Crippen molar-refractivity contribution in [1.29, 1.82) is 0 Å². The summed E-state index contributed by atoms with van der Waals surface area (Å²) < 4.78 is 0.634. The monoisotopic (exact) mass is 289 g/mol. The Bertz CT molecular complexity index is 694. The minimum atomic E-state index is -0.514. The molecule has 0 bridgehead atoms. The largest absolute Gasteiger partial charge is 0.397 e. The minimum Gasteiger partial charge on any atom is -0.397 e. The number of hydrogen-bond donors (Lipinski definition) is 1. The molecule has 3 rings (SSSR count). The number of nitrogen functional groups attached to an aromatic ring is 1. The summed E-state index contributed by atoms with van der Waals surface area (Å²) in [7, 11) is 0. The number of nitrogens with zero attached hydrogens (tertiary/aromatic N) is 1. The lowest BCUT2D eigenvalue weighted by Gasteiger charge is -2.16. The predicted molar refractivity (Wildman–Crippen MR) is 66.9 cm³/mol. The van der Waals surface area contributed by atoms with Crippen LogP contribution in [0.15, 0.2) is 28.7 Å². The van der Waals surface area contributed by atoms with Crippen LogP contribution >= 0.6 is 15.9 Å². The zero-order chi connectivity index (χ0) is 12.2. The van der Waals surface area contributed by atoms with E-state index in [0.29, 0.717) is 32.1 Å². The van der Waals surface area contributed by atoms with Crippen molar-refractivity contribution in [3.05, 3.63) is 39.9 Å². The van der Waals surface area contributed by atoms with E-state index >= 15 is 0 Å². The van der Waals surface area contributed by atoms with Gasteiger partial charge in [-0.3, -0.25) is 9.59 Å². The second kappa shape index (κ2) is 3.30. The van der Waals surface area contributed by atoms with Crippen molar-refractivity contribution in [1.82, 2.24) is 5.32 Å². The molecule has 2 aromatic rings. The van der Waals surface area contributed by atoms with E-state index in [4.69, 9.17) is 5.73 Å². The SMILES string of the molecule is Nc1c(Br)cc2c3c(cccc13)C(=O)[N]C2=O. The minimum absolute atomic E-state index is 0.413. The number of halogens is 1. The molecule has 2 N–H and O–H groups in total. The van der Waals surface area contributed by atoms with Crippen molar-refractivity contribution in [2.75, 3.05) is 5.73 Å². The first kappa shape index (κ1) is 10.3. The Balaban J connectivity index is 2.59. The predicted octanol–water partition coefficient (Wildman–Crippen LogP) is 2.08. The van der Waals surface area contributed by atoms with Gasteiger partial charge >= 0.3 is 0 Å². The van der Waals surface area contributed by atoms with Gasteiger partial charge in [0, 0.05) is 15.2 Å². The Labute approximate surface area is 105 Å². The van der Waals surface area contributed by atoms with E-state index in [9.17, 15) is 9.59 Å². The van der Waals surface area contributed by atoms with Gasteiger partial charge in [0.2, 0.25) is 0 Å². The molecule has 2 aromatic carbocycles. The highest BCUT2D eigenvalue weighted by Gasteiger charge is 2.27. The standard InChI is InChI=1S/C12H6BrN2O2/c13-8-4-7-9-5(10(8)14)2-1-3-6(9)11(16)15-12(7)17/h1-4H,14H2. The molecular formula is C12H6BrN2O2. The zero-order valence-electron chi connectivity index (χ0n) is 8.53. The van der Waals surface area contributed by atoms with Gasteiger partial charge in [0.05, 0.1) is 16.8 Å². The maximum atomic E-state index is 11.7.